The third-order valence-electron chi connectivity index (χ3n) is 1.83. The van der Waals surface area contributed by atoms with Gasteiger partial charge in [-0.2, -0.15) is 0 Å². The van der Waals surface area contributed by atoms with Crippen LogP contribution in [-0.4, -0.2) is 16.1 Å². The van der Waals surface area contributed by atoms with Gasteiger partial charge in [0.1, 0.15) is 0 Å². The molecule has 0 amide bonds. The summed E-state index contributed by atoms with van der Waals surface area (Å²) in [6.07, 6.45) is 1.55. The zero-order valence-electron chi connectivity index (χ0n) is 7.70. The highest BCUT2D eigenvalue weighted by molar-refractivity contribution is 14.1. The van der Waals surface area contributed by atoms with Crippen LogP contribution in [-0.2, 0) is 10.3 Å². The minimum absolute atomic E-state index is 0.124. The van der Waals surface area contributed by atoms with E-state index in [0.29, 0.717) is 5.69 Å². The summed E-state index contributed by atoms with van der Waals surface area (Å²) >= 11 is 2.13. The van der Waals surface area contributed by atoms with Crippen LogP contribution in [0.15, 0.2) is 18.3 Å². The number of rotatable bonds is 3. The van der Waals surface area contributed by atoms with Crippen molar-refractivity contribution in [2.24, 2.45) is 5.73 Å². The van der Waals surface area contributed by atoms with Gasteiger partial charge in [-0.1, -0.05) is 0 Å². The number of carbonyl (C=O) groups is 1. The summed E-state index contributed by atoms with van der Waals surface area (Å²) in [6.45, 7) is 1.66. The predicted octanol–water partition coefficient (Wildman–Crippen LogP) is 1.33. The van der Waals surface area contributed by atoms with E-state index in [1.165, 1.54) is 0 Å². The smallest absolute Gasteiger partial charge is 0.305 e. The second-order valence-corrected chi connectivity index (χ2v) is 4.60. The summed E-state index contributed by atoms with van der Waals surface area (Å²) in [6, 6.07) is 3.61. The van der Waals surface area contributed by atoms with Gasteiger partial charge in [-0.05, 0) is 41.6 Å². The summed E-state index contributed by atoms with van der Waals surface area (Å²) < 4.78 is 0.998. The molecule has 1 rings (SSSR count). The van der Waals surface area contributed by atoms with E-state index in [1.807, 2.05) is 6.07 Å². The fraction of sp³-hybridized carbons (Fsp3) is 0.333. The Morgan fingerprint density at radius 3 is 2.79 bits per heavy atom. The number of carboxylic acids is 1. The van der Waals surface area contributed by atoms with Crippen molar-refractivity contribution in [3.05, 3.63) is 27.6 Å². The van der Waals surface area contributed by atoms with E-state index in [0.717, 1.165) is 3.57 Å². The monoisotopic (exact) mass is 306 g/mol. The molecule has 1 atom stereocenters. The van der Waals surface area contributed by atoms with Crippen LogP contribution in [0.5, 0.6) is 0 Å². The molecule has 0 aliphatic heterocycles. The lowest BCUT2D eigenvalue weighted by molar-refractivity contribution is -0.138. The third kappa shape index (κ3) is 2.91. The Labute approximate surface area is 95.7 Å². The molecule has 0 unspecified atom stereocenters. The summed E-state index contributed by atoms with van der Waals surface area (Å²) in [5.74, 6) is -0.921. The molecule has 0 spiro atoms. The molecule has 0 saturated heterocycles. The van der Waals surface area contributed by atoms with Crippen LogP contribution >= 0.6 is 22.6 Å². The average molecular weight is 306 g/mol. The van der Waals surface area contributed by atoms with Gasteiger partial charge in [0.05, 0.1) is 17.7 Å². The Morgan fingerprint density at radius 2 is 2.36 bits per heavy atom. The number of hydrogen-bond donors (Lipinski definition) is 2. The van der Waals surface area contributed by atoms with Crippen molar-refractivity contribution in [3.8, 4) is 0 Å². The first-order valence-corrected chi connectivity index (χ1v) is 5.12. The standard InChI is InChI=1S/C9H11IN2O2/c1-9(11,4-8(13)14)7-3-2-6(10)5-12-7/h2-3,5H,4,11H2,1H3,(H,13,14)/t9-/m0/s1. The van der Waals surface area contributed by atoms with E-state index in [-0.39, 0.29) is 6.42 Å². The second-order valence-electron chi connectivity index (χ2n) is 3.35. The number of halogens is 1. The molecular weight excluding hydrogens is 295 g/mol. The summed E-state index contributed by atoms with van der Waals surface area (Å²) in [7, 11) is 0. The number of aromatic nitrogens is 1. The molecule has 1 heterocycles. The number of nitrogens with two attached hydrogens (primary N) is 1. The first-order chi connectivity index (χ1) is 6.42. The van der Waals surface area contributed by atoms with Crippen molar-refractivity contribution < 1.29 is 9.90 Å². The first kappa shape index (κ1) is 11.4. The molecule has 0 bridgehead atoms. The third-order valence-corrected chi connectivity index (χ3v) is 2.47. The molecular formula is C9H11IN2O2. The fourth-order valence-electron chi connectivity index (χ4n) is 1.12. The molecule has 0 radical (unpaired) electrons. The fourth-order valence-corrected chi connectivity index (χ4v) is 1.44. The minimum Gasteiger partial charge on any atom is -0.481 e. The number of aliphatic carboxylic acids is 1. The SMILES string of the molecule is C[C@](N)(CC(=O)O)c1ccc(I)cn1. The lowest BCUT2D eigenvalue weighted by atomic mass is 9.94. The first-order valence-electron chi connectivity index (χ1n) is 4.04. The van der Waals surface area contributed by atoms with Gasteiger partial charge in [0.2, 0.25) is 0 Å². The quantitative estimate of drug-likeness (QED) is 0.826. The molecule has 0 saturated carbocycles. The number of carboxylic acid groups (broad SMARTS) is 1. The molecule has 0 aliphatic rings. The molecule has 0 aromatic carbocycles. The van der Waals surface area contributed by atoms with Crippen molar-refractivity contribution in [3.63, 3.8) is 0 Å². The Bertz CT molecular complexity index is 335. The van der Waals surface area contributed by atoms with Gasteiger partial charge in [0, 0.05) is 9.77 Å². The average Bonchev–Trinajstić information content (AvgIpc) is 2.02. The molecule has 4 nitrogen and oxygen atoms in total. The van der Waals surface area contributed by atoms with E-state index >= 15 is 0 Å². The minimum atomic E-state index is -0.921. The zero-order valence-corrected chi connectivity index (χ0v) is 9.85. The molecule has 76 valence electrons. The Balaban J connectivity index is 2.91. The maximum atomic E-state index is 10.5. The molecule has 3 N–H and O–H groups in total. The van der Waals surface area contributed by atoms with Crippen LogP contribution in [0.1, 0.15) is 19.0 Å². The van der Waals surface area contributed by atoms with Crippen LogP contribution in [0.4, 0.5) is 0 Å². The normalized spacial score (nSPS) is 14.8. The van der Waals surface area contributed by atoms with Crippen LogP contribution in [0.2, 0.25) is 0 Å². The van der Waals surface area contributed by atoms with Gasteiger partial charge in [0.25, 0.3) is 0 Å². The van der Waals surface area contributed by atoms with Gasteiger partial charge in [0.15, 0.2) is 0 Å². The highest BCUT2D eigenvalue weighted by Crippen LogP contribution is 2.19. The Kier molecular flexibility index (Phi) is 3.43. The maximum Gasteiger partial charge on any atom is 0.305 e. The Morgan fingerprint density at radius 1 is 1.71 bits per heavy atom. The highest BCUT2D eigenvalue weighted by Gasteiger charge is 2.25. The van der Waals surface area contributed by atoms with Crippen molar-refractivity contribution in [1.29, 1.82) is 0 Å². The van der Waals surface area contributed by atoms with Crippen LogP contribution in [0.3, 0.4) is 0 Å². The van der Waals surface area contributed by atoms with Gasteiger partial charge >= 0.3 is 5.97 Å². The van der Waals surface area contributed by atoms with Crippen LogP contribution < -0.4 is 5.73 Å². The van der Waals surface area contributed by atoms with Crippen molar-refractivity contribution in [2.75, 3.05) is 0 Å². The molecule has 5 heteroatoms. The largest absolute Gasteiger partial charge is 0.481 e. The molecule has 0 aliphatic carbocycles. The van der Waals surface area contributed by atoms with Gasteiger partial charge < -0.3 is 10.8 Å². The maximum absolute atomic E-state index is 10.5. The number of pyridine rings is 1. The Hall–Kier alpha value is -0.690. The lowest BCUT2D eigenvalue weighted by Crippen LogP contribution is -2.36. The van der Waals surface area contributed by atoms with Crippen molar-refractivity contribution in [1.82, 2.24) is 4.98 Å². The van der Waals surface area contributed by atoms with E-state index in [4.69, 9.17) is 10.8 Å². The van der Waals surface area contributed by atoms with Gasteiger partial charge in [-0.25, -0.2) is 0 Å². The molecule has 1 aromatic heterocycles. The summed E-state index contributed by atoms with van der Waals surface area (Å²) in [4.78, 5) is 14.7. The zero-order chi connectivity index (χ0) is 10.8. The molecule has 1 aromatic rings. The second kappa shape index (κ2) is 4.22. The van der Waals surface area contributed by atoms with Gasteiger partial charge in [-0.15, -0.1) is 0 Å². The highest BCUT2D eigenvalue weighted by atomic mass is 127. The molecule has 0 fully saturated rings. The van der Waals surface area contributed by atoms with Crippen LogP contribution in [0, 0.1) is 3.57 Å². The van der Waals surface area contributed by atoms with E-state index in [1.54, 1.807) is 19.2 Å². The summed E-state index contributed by atoms with van der Waals surface area (Å²) in [5.41, 5.74) is 5.53. The summed E-state index contributed by atoms with van der Waals surface area (Å²) in [5, 5.41) is 8.66. The predicted molar refractivity (Wildman–Crippen MR) is 60.7 cm³/mol. The molecule has 14 heavy (non-hydrogen) atoms. The van der Waals surface area contributed by atoms with Crippen molar-refractivity contribution in [2.45, 2.75) is 18.9 Å². The van der Waals surface area contributed by atoms with E-state index in [2.05, 4.69) is 27.6 Å². The lowest BCUT2D eigenvalue weighted by Gasteiger charge is -2.21. The van der Waals surface area contributed by atoms with Crippen LogP contribution in [0.25, 0.3) is 0 Å². The van der Waals surface area contributed by atoms with Gasteiger partial charge in [-0.3, -0.25) is 9.78 Å². The van der Waals surface area contributed by atoms with E-state index in [9.17, 15) is 4.79 Å². The van der Waals surface area contributed by atoms with E-state index < -0.39 is 11.5 Å². The topological polar surface area (TPSA) is 76.2 Å². The number of hydrogen-bond acceptors (Lipinski definition) is 3. The van der Waals surface area contributed by atoms with Crippen molar-refractivity contribution >= 4 is 28.6 Å². The number of nitrogens with zero attached hydrogens (tertiary/aromatic N) is 1.